The third-order valence-electron chi connectivity index (χ3n) is 2.77. The molecular formula is C14H22BrNO. The zero-order chi connectivity index (χ0) is 12.5. The van der Waals surface area contributed by atoms with Crippen molar-refractivity contribution in [2.75, 3.05) is 19.8 Å². The van der Waals surface area contributed by atoms with E-state index in [4.69, 9.17) is 10.5 Å². The fraction of sp³-hybridized carbons (Fsp3) is 0.571. The SMILES string of the molecule is CCCOCCC(CN)Cc1cccc(Br)c1. The highest BCUT2D eigenvalue weighted by Gasteiger charge is 2.08. The van der Waals surface area contributed by atoms with Crippen molar-refractivity contribution in [2.45, 2.75) is 26.2 Å². The maximum atomic E-state index is 5.81. The largest absolute Gasteiger partial charge is 0.381 e. The van der Waals surface area contributed by atoms with Crippen molar-refractivity contribution < 1.29 is 4.74 Å². The molecule has 0 spiro atoms. The maximum absolute atomic E-state index is 5.81. The number of ether oxygens (including phenoxy) is 1. The summed E-state index contributed by atoms with van der Waals surface area (Å²) in [6, 6.07) is 8.43. The van der Waals surface area contributed by atoms with Crippen molar-refractivity contribution in [3.63, 3.8) is 0 Å². The number of rotatable bonds is 8. The quantitative estimate of drug-likeness (QED) is 0.747. The van der Waals surface area contributed by atoms with E-state index in [0.29, 0.717) is 5.92 Å². The van der Waals surface area contributed by atoms with Crippen molar-refractivity contribution >= 4 is 15.9 Å². The van der Waals surface area contributed by atoms with Crippen LogP contribution >= 0.6 is 15.9 Å². The zero-order valence-electron chi connectivity index (χ0n) is 10.5. The van der Waals surface area contributed by atoms with Gasteiger partial charge in [-0.1, -0.05) is 35.0 Å². The van der Waals surface area contributed by atoms with Crippen LogP contribution in [0.2, 0.25) is 0 Å². The van der Waals surface area contributed by atoms with Gasteiger partial charge in [0.05, 0.1) is 0 Å². The summed E-state index contributed by atoms with van der Waals surface area (Å²) in [4.78, 5) is 0. The van der Waals surface area contributed by atoms with Gasteiger partial charge in [0.15, 0.2) is 0 Å². The number of hydrogen-bond donors (Lipinski definition) is 1. The van der Waals surface area contributed by atoms with Gasteiger partial charge < -0.3 is 10.5 Å². The first kappa shape index (κ1) is 14.7. The molecule has 96 valence electrons. The van der Waals surface area contributed by atoms with Gasteiger partial charge in [-0.25, -0.2) is 0 Å². The van der Waals surface area contributed by atoms with Gasteiger partial charge >= 0.3 is 0 Å². The van der Waals surface area contributed by atoms with Crippen LogP contribution in [0, 0.1) is 5.92 Å². The molecule has 1 atom stereocenters. The second-order valence-electron chi connectivity index (χ2n) is 4.34. The lowest BCUT2D eigenvalue weighted by atomic mass is 9.97. The summed E-state index contributed by atoms with van der Waals surface area (Å²) in [7, 11) is 0. The monoisotopic (exact) mass is 299 g/mol. The van der Waals surface area contributed by atoms with Gasteiger partial charge in [-0.3, -0.25) is 0 Å². The molecule has 0 saturated heterocycles. The predicted octanol–water partition coefficient (Wildman–Crippen LogP) is 3.38. The molecule has 0 heterocycles. The summed E-state index contributed by atoms with van der Waals surface area (Å²) in [5, 5.41) is 0. The first-order valence-electron chi connectivity index (χ1n) is 6.28. The van der Waals surface area contributed by atoms with Crippen molar-refractivity contribution in [3.05, 3.63) is 34.3 Å². The molecule has 2 nitrogen and oxygen atoms in total. The smallest absolute Gasteiger partial charge is 0.0469 e. The number of nitrogens with two attached hydrogens (primary N) is 1. The zero-order valence-corrected chi connectivity index (χ0v) is 12.1. The molecule has 1 rings (SSSR count). The van der Waals surface area contributed by atoms with Gasteiger partial charge in [-0.15, -0.1) is 0 Å². The lowest BCUT2D eigenvalue weighted by Gasteiger charge is -2.15. The van der Waals surface area contributed by atoms with E-state index in [9.17, 15) is 0 Å². The second-order valence-corrected chi connectivity index (χ2v) is 5.25. The molecule has 0 aliphatic heterocycles. The van der Waals surface area contributed by atoms with Gasteiger partial charge in [0.1, 0.15) is 0 Å². The normalized spacial score (nSPS) is 12.6. The predicted molar refractivity (Wildman–Crippen MR) is 76.1 cm³/mol. The van der Waals surface area contributed by atoms with Crippen LogP contribution in [0.5, 0.6) is 0 Å². The highest BCUT2D eigenvalue weighted by Crippen LogP contribution is 2.16. The van der Waals surface area contributed by atoms with Crippen LogP contribution in [-0.2, 0) is 11.2 Å². The van der Waals surface area contributed by atoms with Crippen molar-refractivity contribution in [3.8, 4) is 0 Å². The molecule has 0 aliphatic carbocycles. The Morgan fingerprint density at radius 2 is 2.18 bits per heavy atom. The third kappa shape index (κ3) is 6.20. The molecule has 0 aliphatic rings. The van der Waals surface area contributed by atoms with E-state index in [0.717, 1.165) is 43.5 Å². The topological polar surface area (TPSA) is 35.2 Å². The summed E-state index contributed by atoms with van der Waals surface area (Å²) in [6.07, 6.45) is 3.16. The molecule has 0 bridgehead atoms. The Labute approximate surface area is 113 Å². The van der Waals surface area contributed by atoms with Gasteiger partial charge in [0.25, 0.3) is 0 Å². The van der Waals surface area contributed by atoms with Crippen molar-refractivity contribution in [1.82, 2.24) is 0 Å². The lowest BCUT2D eigenvalue weighted by molar-refractivity contribution is 0.121. The van der Waals surface area contributed by atoms with E-state index in [1.807, 2.05) is 6.07 Å². The van der Waals surface area contributed by atoms with Crippen LogP contribution in [0.25, 0.3) is 0 Å². The van der Waals surface area contributed by atoms with Gasteiger partial charge in [0, 0.05) is 17.7 Å². The van der Waals surface area contributed by atoms with Crippen molar-refractivity contribution in [1.29, 1.82) is 0 Å². The number of benzene rings is 1. The minimum Gasteiger partial charge on any atom is -0.381 e. The highest BCUT2D eigenvalue weighted by atomic mass is 79.9. The lowest BCUT2D eigenvalue weighted by Crippen LogP contribution is -2.19. The van der Waals surface area contributed by atoms with E-state index in [1.54, 1.807) is 0 Å². The molecule has 0 amide bonds. The molecule has 3 heteroatoms. The first-order valence-corrected chi connectivity index (χ1v) is 7.07. The molecule has 1 aromatic rings. The molecule has 0 aromatic heterocycles. The second kappa shape index (κ2) is 8.67. The molecule has 0 radical (unpaired) electrons. The summed E-state index contributed by atoms with van der Waals surface area (Å²) < 4.78 is 6.64. The average Bonchev–Trinajstić information content (AvgIpc) is 2.33. The highest BCUT2D eigenvalue weighted by molar-refractivity contribution is 9.10. The van der Waals surface area contributed by atoms with Gasteiger partial charge in [-0.2, -0.15) is 0 Å². The average molecular weight is 300 g/mol. The van der Waals surface area contributed by atoms with Crippen LogP contribution in [0.4, 0.5) is 0 Å². The number of hydrogen-bond acceptors (Lipinski definition) is 2. The summed E-state index contributed by atoms with van der Waals surface area (Å²) in [6.45, 7) is 4.53. The van der Waals surface area contributed by atoms with Crippen LogP contribution < -0.4 is 5.73 Å². The molecule has 0 saturated carbocycles. The first-order chi connectivity index (χ1) is 8.26. The summed E-state index contributed by atoms with van der Waals surface area (Å²) >= 11 is 3.49. The Balaban J connectivity index is 2.35. The van der Waals surface area contributed by atoms with Crippen LogP contribution in [-0.4, -0.2) is 19.8 Å². The van der Waals surface area contributed by atoms with E-state index in [2.05, 4.69) is 41.1 Å². The van der Waals surface area contributed by atoms with E-state index in [1.165, 1.54) is 5.56 Å². The molecule has 1 unspecified atom stereocenters. The number of halogens is 1. The molecular weight excluding hydrogens is 278 g/mol. The van der Waals surface area contributed by atoms with Crippen LogP contribution in [0.3, 0.4) is 0 Å². The van der Waals surface area contributed by atoms with E-state index < -0.39 is 0 Å². The molecule has 2 N–H and O–H groups in total. The fourth-order valence-electron chi connectivity index (χ4n) is 1.80. The van der Waals surface area contributed by atoms with Crippen LogP contribution in [0.1, 0.15) is 25.3 Å². The Morgan fingerprint density at radius 1 is 1.35 bits per heavy atom. The molecule has 0 fully saturated rings. The maximum Gasteiger partial charge on any atom is 0.0469 e. The Kier molecular flexibility index (Phi) is 7.49. The molecule has 1 aromatic carbocycles. The van der Waals surface area contributed by atoms with Crippen LogP contribution in [0.15, 0.2) is 28.7 Å². The minimum absolute atomic E-state index is 0.515. The Morgan fingerprint density at radius 3 is 2.82 bits per heavy atom. The summed E-state index contributed by atoms with van der Waals surface area (Å²) in [5.41, 5.74) is 7.14. The van der Waals surface area contributed by atoms with E-state index >= 15 is 0 Å². The molecule has 17 heavy (non-hydrogen) atoms. The fourth-order valence-corrected chi connectivity index (χ4v) is 2.24. The standard InChI is InChI=1S/C14H22BrNO/c1-2-7-17-8-6-13(11-16)9-12-4-3-5-14(15)10-12/h3-5,10,13H,2,6-9,11,16H2,1H3. The van der Waals surface area contributed by atoms with Crippen molar-refractivity contribution in [2.24, 2.45) is 11.7 Å². The third-order valence-corrected chi connectivity index (χ3v) is 3.26. The van der Waals surface area contributed by atoms with E-state index in [-0.39, 0.29) is 0 Å². The Hall–Kier alpha value is -0.380. The Bertz CT molecular complexity index is 317. The van der Waals surface area contributed by atoms with Gasteiger partial charge in [-0.05, 0) is 49.4 Å². The van der Waals surface area contributed by atoms with Gasteiger partial charge in [0.2, 0.25) is 0 Å². The summed E-state index contributed by atoms with van der Waals surface area (Å²) in [5.74, 6) is 0.515. The minimum atomic E-state index is 0.515.